The zero-order valence-corrected chi connectivity index (χ0v) is 15.5. The summed E-state index contributed by atoms with van der Waals surface area (Å²) in [6.07, 6.45) is 3.26. The van der Waals surface area contributed by atoms with Crippen LogP contribution in [-0.4, -0.2) is 11.7 Å². The average molecular weight is 376 g/mol. The Kier molecular flexibility index (Phi) is 5.84. The van der Waals surface area contributed by atoms with Crippen molar-refractivity contribution in [3.8, 4) is 0 Å². The maximum absolute atomic E-state index is 12.4. The molecule has 0 unspecified atom stereocenters. The van der Waals surface area contributed by atoms with Crippen molar-refractivity contribution in [2.24, 2.45) is 0 Å². The molecule has 3 rings (SSSR count). The summed E-state index contributed by atoms with van der Waals surface area (Å²) >= 11 is 6.06. The zero-order chi connectivity index (χ0) is 19.2. The lowest BCUT2D eigenvalue weighted by Gasteiger charge is -2.07. The van der Waals surface area contributed by atoms with E-state index in [0.29, 0.717) is 21.8 Å². The Balaban J connectivity index is 1.73. The molecule has 134 valence electrons. The molecule has 0 fully saturated rings. The van der Waals surface area contributed by atoms with Gasteiger partial charge in [0.1, 0.15) is 0 Å². The van der Waals surface area contributed by atoms with Gasteiger partial charge in [0.15, 0.2) is 5.78 Å². The number of benzene rings is 3. The molecule has 0 bridgehead atoms. The maximum atomic E-state index is 12.4. The zero-order valence-electron chi connectivity index (χ0n) is 14.8. The van der Waals surface area contributed by atoms with Crippen molar-refractivity contribution >= 4 is 35.1 Å². The highest BCUT2D eigenvalue weighted by Crippen LogP contribution is 2.18. The fourth-order valence-electron chi connectivity index (χ4n) is 2.63. The van der Waals surface area contributed by atoms with Crippen LogP contribution in [0.2, 0.25) is 5.02 Å². The van der Waals surface area contributed by atoms with Gasteiger partial charge in [-0.25, -0.2) is 0 Å². The number of hydrogen-bond acceptors (Lipinski definition) is 2. The lowest BCUT2D eigenvalue weighted by atomic mass is 10.1. The van der Waals surface area contributed by atoms with Gasteiger partial charge < -0.3 is 5.32 Å². The Labute approximate surface area is 163 Å². The second-order valence-corrected chi connectivity index (χ2v) is 6.53. The van der Waals surface area contributed by atoms with Gasteiger partial charge in [-0.3, -0.25) is 9.59 Å². The van der Waals surface area contributed by atoms with Gasteiger partial charge in [-0.05, 0) is 48.9 Å². The van der Waals surface area contributed by atoms with Crippen LogP contribution in [0.1, 0.15) is 31.8 Å². The molecule has 3 nitrogen and oxygen atoms in total. The number of nitrogens with one attached hydrogen (secondary N) is 1. The molecule has 1 N–H and O–H groups in total. The van der Waals surface area contributed by atoms with Gasteiger partial charge in [0.05, 0.1) is 10.6 Å². The van der Waals surface area contributed by atoms with Gasteiger partial charge >= 0.3 is 0 Å². The predicted octanol–water partition coefficient (Wildman–Crippen LogP) is 5.80. The topological polar surface area (TPSA) is 46.2 Å². The van der Waals surface area contributed by atoms with Gasteiger partial charge in [-0.1, -0.05) is 65.7 Å². The number of anilines is 1. The van der Waals surface area contributed by atoms with Crippen molar-refractivity contribution in [2.75, 3.05) is 5.32 Å². The number of carbonyl (C=O) groups is 2. The van der Waals surface area contributed by atoms with Crippen LogP contribution in [0.5, 0.6) is 0 Å². The van der Waals surface area contributed by atoms with Crippen LogP contribution >= 0.6 is 11.6 Å². The summed E-state index contributed by atoms with van der Waals surface area (Å²) in [6.45, 7) is 1.95. The first-order valence-corrected chi connectivity index (χ1v) is 8.86. The highest BCUT2D eigenvalue weighted by Gasteiger charge is 2.09. The summed E-state index contributed by atoms with van der Waals surface area (Å²) in [6, 6.07) is 21.6. The number of rotatable bonds is 5. The van der Waals surface area contributed by atoms with Crippen molar-refractivity contribution in [3.05, 3.63) is 106 Å². The third-order valence-electron chi connectivity index (χ3n) is 3.99. The Bertz CT molecular complexity index is 1020. The standard InChI is InChI=1S/C23H18ClNO2/c1-16-6-4-8-18(14-16)22(26)13-12-17-7-5-9-19(15-17)25-23(27)20-10-2-3-11-21(20)24/h2-15H,1H3,(H,25,27)/b13-12+. The number of halogens is 1. The van der Waals surface area contributed by atoms with E-state index in [1.807, 2.05) is 37.3 Å². The largest absolute Gasteiger partial charge is 0.322 e. The van der Waals surface area contributed by atoms with E-state index in [0.717, 1.165) is 11.1 Å². The van der Waals surface area contributed by atoms with Gasteiger partial charge in [-0.2, -0.15) is 0 Å². The molecule has 0 aromatic heterocycles. The van der Waals surface area contributed by atoms with Crippen LogP contribution in [0, 0.1) is 6.92 Å². The van der Waals surface area contributed by atoms with Crippen LogP contribution in [0.15, 0.2) is 78.9 Å². The smallest absolute Gasteiger partial charge is 0.257 e. The van der Waals surface area contributed by atoms with Gasteiger partial charge in [0, 0.05) is 11.3 Å². The number of amides is 1. The number of carbonyl (C=O) groups excluding carboxylic acids is 2. The first-order valence-electron chi connectivity index (χ1n) is 8.48. The van der Waals surface area contributed by atoms with E-state index >= 15 is 0 Å². The molecular formula is C23H18ClNO2. The Hall–Kier alpha value is -3.17. The number of ketones is 1. The number of aryl methyl sites for hydroxylation is 1. The number of allylic oxidation sites excluding steroid dienone is 1. The number of hydrogen-bond donors (Lipinski definition) is 1. The predicted molar refractivity (Wildman–Crippen MR) is 110 cm³/mol. The molecule has 0 aliphatic rings. The lowest BCUT2D eigenvalue weighted by molar-refractivity contribution is 0.102. The molecule has 1 amide bonds. The normalized spacial score (nSPS) is 10.7. The quantitative estimate of drug-likeness (QED) is 0.452. The molecular weight excluding hydrogens is 358 g/mol. The molecule has 0 aliphatic heterocycles. The first-order chi connectivity index (χ1) is 13.0. The van der Waals surface area contributed by atoms with Crippen molar-refractivity contribution in [1.29, 1.82) is 0 Å². The summed E-state index contributed by atoms with van der Waals surface area (Å²) in [5.74, 6) is -0.346. The Morgan fingerprint density at radius 3 is 2.48 bits per heavy atom. The van der Waals surface area contributed by atoms with Crippen molar-refractivity contribution in [1.82, 2.24) is 0 Å². The van der Waals surface area contributed by atoms with Crippen LogP contribution in [0.3, 0.4) is 0 Å². The molecule has 3 aromatic carbocycles. The highest BCUT2D eigenvalue weighted by atomic mass is 35.5. The van der Waals surface area contributed by atoms with E-state index in [2.05, 4.69) is 5.32 Å². The minimum absolute atomic E-state index is 0.0655. The third-order valence-corrected chi connectivity index (χ3v) is 4.32. The molecule has 4 heteroatoms. The van der Waals surface area contributed by atoms with E-state index in [1.165, 1.54) is 6.08 Å². The van der Waals surface area contributed by atoms with Crippen LogP contribution < -0.4 is 5.32 Å². The van der Waals surface area contributed by atoms with Crippen LogP contribution in [0.4, 0.5) is 5.69 Å². The fraction of sp³-hybridized carbons (Fsp3) is 0.0435. The molecule has 3 aromatic rings. The second-order valence-electron chi connectivity index (χ2n) is 6.13. The van der Waals surface area contributed by atoms with Crippen molar-refractivity contribution in [2.45, 2.75) is 6.92 Å². The summed E-state index contributed by atoms with van der Waals surface area (Å²) in [5.41, 5.74) is 3.54. The lowest BCUT2D eigenvalue weighted by Crippen LogP contribution is -2.12. The monoisotopic (exact) mass is 375 g/mol. The molecule has 0 heterocycles. The van der Waals surface area contributed by atoms with Crippen molar-refractivity contribution < 1.29 is 9.59 Å². The van der Waals surface area contributed by atoms with Crippen LogP contribution in [0.25, 0.3) is 6.08 Å². The second kappa shape index (κ2) is 8.47. The molecule has 0 aliphatic carbocycles. The molecule has 0 spiro atoms. The summed E-state index contributed by atoms with van der Waals surface area (Å²) < 4.78 is 0. The average Bonchev–Trinajstić information content (AvgIpc) is 2.66. The summed E-state index contributed by atoms with van der Waals surface area (Å²) in [7, 11) is 0. The van der Waals surface area contributed by atoms with E-state index in [9.17, 15) is 9.59 Å². The van der Waals surface area contributed by atoms with E-state index in [1.54, 1.807) is 48.5 Å². The van der Waals surface area contributed by atoms with Crippen LogP contribution in [-0.2, 0) is 0 Å². The molecule has 0 radical (unpaired) electrons. The summed E-state index contributed by atoms with van der Waals surface area (Å²) in [4.78, 5) is 24.6. The van der Waals surface area contributed by atoms with E-state index < -0.39 is 0 Å². The maximum Gasteiger partial charge on any atom is 0.257 e. The van der Waals surface area contributed by atoms with E-state index in [4.69, 9.17) is 11.6 Å². The SMILES string of the molecule is Cc1cccc(C(=O)/C=C/c2cccc(NC(=O)c3ccccc3Cl)c2)c1. The Morgan fingerprint density at radius 2 is 1.70 bits per heavy atom. The van der Waals surface area contributed by atoms with E-state index in [-0.39, 0.29) is 11.7 Å². The van der Waals surface area contributed by atoms with Gasteiger partial charge in [0.2, 0.25) is 0 Å². The third kappa shape index (κ3) is 4.93. The Morgan fingerprint density at radius 1 is 0.926 bits per heavy atom. The minimum atomic E-state index is -0.280. The molecule has 0 atom stereocenters. The van der Waals surface area contributed by atoms with Gasteiger partial charge in [0.25, 0.3) is 5.91 Å². The molecule has 0 saturated carbocycles. The first kappa shape index (κ1) is 18.6. The van der Waals surface area contributed by atoms with Crippen molar-refractivity contribution in [3.63, 3.8) is 0 Å². The fourth-order valence-corrected chi connectivity index (χ4v) is 2.85. The molecule has 0 saturated heterocycles. The van der Waals surface area contributed by atoms with Gasteiger partial charge in [-0.15, -0.1) is 0 Å². The highest BCUT2D eigenvalue weighted by molar-refractivity contribution is 6.34. The summed E-state index contributed by atoms with van der Waals surface area (Å²) in [5, 5.41) is 3.22. The molecule has 27 heavy (non-hydrogen) atoms. The minimum Gasteiger partial charge on any atom is -0.322 e.